The van der Waals surface area contributed by atoms with Crippen LogP contribution >= 0.6 is 34.3 Å². The van der Waals surface area contributed by atoms with Crippen LogP contribution in [0, 0.1) is 5.92 Å². The molecule has 1 amide bonds. The van der Waals surface area contributed by atoms with E-state index in [0.717, 1.165) is 21.6 Å². The number of methoxy groups -OCH3 is 1. The van der Waals surface area contributed by atoms with E-state index in [0.29, 0.717) is 54.2 Å². The quantitative estimate of drug-likeness (QED) is 0.427. The number of amides is 1. The van der Waals surface area contributed by atoms with Crippen molar-refractivity contribution in [2.24, 2.45) is 5.92 Å². The predicted molar refractivity (Wildman–Crippen MR) is 138 cm³/mol. The molecular weight excluding hydrogens is 516 g/mol. The molecule has 0 spiro atoms. The van der Waals surface area contributed by atoms with Crippen LogP contribution in [0.25, 0.3) is 10.2 Å². The molecule has 184 valence electrons. The lowest BCUT2D eigenvalue weighted by molar-refractivity contribution is -0.123. The first-order valence-corrected chi connectivity index (χ1v) is 14.3. The van der Waals surface area contributed by atoms with E-state index in [1.165, 1.54) is 21.7 Å². The van der Waals surface area contributed by atoms with Crippen molar-refractivity contribution in [3.8, 4) is 5.75 Å². The van der Waals surface area contributed by atoms with E-state index >= 15 is 0 Å². The first-order chi connectivity index (χ1) is 16.2. The Kier molecular flexibility index (Phi) is 7.80. The van der Waals surface area contributed by atoms with Crippen LogP contribution in [0.3, 0.4) is 0 Å². The number of hydrogen-bond acceptors (Lipinski definition) is 8. The lowest BCUT2D eigenvalue weighted by Crippen LogP contribution is -2.45. The Hall–Kier alpha value is -1.76. The van der Waals surface area contributed by atoms with Gasteiger partial charge in [-0.05, 0) is 51.2 Å². The van der Waals surface area contributed by atoms with Crippen molar-refractivity contribution < 1.29 is 17.9 Å². The molecule has 0 unspecified atom stereocenters. The zero-order chi connectivity index (χ0) is 24.5. The summed E-state index contributed by atoms with van der Waals surface area (Å²) in [5, 5.41) is 0.634. The maximum absolute atomic E-state index is 13.6. The number of likely N-dealkylation sites (N-methyl/N-ethyl adjacent to an activating group) is 1. The largest absolute Gasteiger partial charge is 0.494 e. The van der Waals surface area contributed by atoms with E-state index in [9.17, 15) is 13.2 Å². The summed E-state index contributed by atoms with van der Waals surface area (Å²) in [6, 6.07) is 8.85. The summed E-state index contributed by atoms with van der Waals surface area (Å²) < 4.78 is 34.4. The second-order valence-electron chi connectivity index (χ2n) is 8.33. The van der Waals surface area contributed by atoms with E-state index in [2.05, 4.69) is 0 Å². The molecular formula is C22H27ClN4O4S3. The van der Waals surface area contributed by atoms with E-state index in [1.807, 2.05) is 37.2 Å². The molecule has 0 radical (unpaired) electrons. The van der Waals surface area contributed by atoms with Gasteiger partial charge >= 0.3 is 0 Å². The van der Waals surface area contributed by atoms with Gasteiger partial charge in [0.05, 0.1) is 16.1 Å². The number of para-hydroxylation sites is 1. The third kappa shape index (κ3) is 5.24. The molecule has 1 aromatic carbocycles. The molecule has 1 aliphatic heterocycles. The Morgan fingerprint density at radius 3 is 2.53 bits per heavy atom. The van der Waals surface area contributed by atoms with Crippen molar-refractivity contribution in [2.45, 2.75) is 17.1 Å². The highest BCUT2D eigenvalue weighted by Crippen LogP contribution is 2.36. The first-order valence-electron chi connectivity index (χ1n) is 10.9. The molecule has 12 heteroatoms. The van der Waals surface area contributed by atoms with Crippen LogP contribution in [0.4, 0.5) is 5.13 Å². The van der Waals surface area contributed by atoms with Crippen LogP contribution in [-0.4, -0.2) is 75.9 Å². The summed E-state index contributed by atoms with van der Waals surface area (Å²) in [6.07, 6.45) is 0.924. The van der Waals surface area contributed by atoms with Gasteiger partial charge in [0, 0.05) is 32.1 Å². The van der Waals surface area contributed by atoms with Gasteiger partial charge in [-0.1, -0.05) is 29.0 Å². The van der Waals surface area contributed by atoms with E-state index < -0.39 is 10.0 Å². The number of benzene rings is 1. The van der Waals surface area contributed by atoms with Crippen molar-refractivity contribution in [2.75, 3.05) is 52.3 Å². The number of piperidine rings is 1. The molecule has 1 saturated heterocycles. The lowest BCUT2D eigenvalue weighted by Gasteiger charge is -2.33. The fourth-order valence-electron chi connectivity index (χ4n) is 3.92. The zero-order valence-corrected chi connectivity index (χ0v) is 22.4. The highest BCUT2D eigenvalue weighted by atomic mass is 35.5. The molecule has 4 rings (SSSR count). The summed E-state index contributed by atoms with van der Waals surface area (Å²) >= 11 is 8.44. The molecule has 0 atom stereocenters. The van der Waals surface area contributed by atoms with Crippen molar-refractivity contribution in [1.82, 2.24) is 14.2 Å². The molecule has 0 bridgehead atoms. The monoisotopic (exact) mass is 542 g/mol. The van der Waals surface area contributed by atoms with Crippen molar-refractivity contribution in [3.05, 3.63) is 34.7 Å². The Labute approximate surface area is 212 Å². The number of hydrogen-bond donors (Lipinski definition) is 0. The van der Waals surface area contributed by atoms with Crippen LogP contribution in [0.2, 0.25) is 4.34 Å². The molecule has 1 aliphatic rings. The standard InChI is InChI=1S/C22H27ClN4O4S3/c1-25(2)13-14-27(22-24-20-16(31-3)5-4-6-17(20)32-22)21(28)15-9-11-26(12-10-15)34(29,30)19-8-7-18(23)33-19/h4-8,15H,9-14H2,1-3H3. The normalized spacial score (nSPS) is 15.8. The minimum absolute atomic E-state index is 0.0175. The average molecular weight is 543 g/mol. The number of carbonyl (C=O) groups excluding carboxylic acids is 1. The number of halogens is 1. The zero-order valence-electron chi connectivity index (χ0n) is 19.2. The fourth-order valence-corrected chi connectivity index (χ4v) is 8.04. The van der Waals surface area contributed by atoms with Crippen LogP contribution < -0.4 is 9.64 Å². The minimum Gasteiger partial charge on any atom is -0.494 e. The summed E-state index contributed by atoms with van der Waals surface area (Å²) in [5.41, 5.74) is 0.739. The highest BCUT2D eigenvalue weighted by molar-refractivity contribution is 7.91. The van der Waals surface area contributed by atoms with E-state index in [1.54, 1.807) is 18.1 Å². The van der Waals surface area contributed by atoms with Crippen molar-refractivity contribution in [3.63, 3.8) is 0 Å². The second-order valence-corrected chi connectivity index (χ2v) is 13.2. The SMILES string of the molecule is COc1cccc2sc(N(CCN(C)C)C(=O)C3CCN(S(=O)(=O)c4ccc(Cl)s4)CC3)nc12. The molecule has 8 nitrogen and oxygen atoms in total. The Morgan fingerprint density at radius 1 is 1.18 bits per heavy atom. The molecule has 3 heterocycles. The number of thiazole rings is 1. The number of aromatic nitrogens is 1. The van der Waals surface area contributed by atoms with Crippen LogP contribution in [-0.2, 0) is 14.8 Å². The Bertz CT molecular complexity index is 1270. The summed E-state index contributed by atoms with van der Waals surface area (Å²) in [5.74, 6) is 0.387. The number of ether oxygens (including phenoxy) is 1. The molecule has 0 aliphatic carbocycles. The number of nitrogens with zero attached hydrogens (tertiary/aromatic N) is 4. The molecule has 1 fully saturated rings. The van der Waals surface area contributed by atoms with Crippen LogP contribution in [0.1, 0.15) is 12.8 Å². The highest BCUT2D eigenvalue weighted by Gasteiger charge is 2.35. The minimum atomic E-state index is -3.60. The van der Waals surface area contributed by atoms with Gasteiger partial charge in [-0.15, -0.1) is 11.3 Å². The molecule has 3 aromatic rings. The maximum atomic E-state index is 13.6. The summed E-state index contributed by atoms with van der Waals surface area (Å²) in [6.45, 7) is 1.78. The fraction of sp³-hybridized carbons (Fsp3) is 0.455. The summed E-state index contributed by atoms with van der Waals surface area (Å²) in [7, 11) is 1.93. The van der Waals surface area contributed by atoms with Gasteiger partial charge < -0.3 is 9.64 Å². The maximum Gasteiger partial charge on any atom is 0.252 e. The second kappa shape index (κ2) is 10.5. The van der Waals surface area contributed by atoms with Crippen molar-refractivity contribution in [1.29, 1.82) is 0 Å². The number of rotatable bonds is 8. The smallest absolute Gasteiger partial charge is 0.252 e. The van der Waals surface area contributed by atoms with Gasteiger partial charge in [0.2, 0.25) is 5.91 Å². The van der Waals surface area contributed by atoms with Crippen LogP contribution in [0.5, 0.6) is 5.75 Å². The molecule has 0 saturated carbocycles. The number of sulfonamides is 1. The Morgan fingerprint density at radius 2 is 1.91 bits per heavy atom. The lowest BCUT2D eigenvalue weighted by atomic mass is 9.96. The van der Waals surface area contributed by atoms with Gasteiger partial charge in [0.1, 0.15) is 15.5 Å². The molecule has 34 heavy (non-hydrogen) atoms. The van der Waals surface area contributed by atoms with Gasteiger partial charge in [0.25, 0.3) is 10.0 Å². The third-order valence-corrected chi connectivity index (χ3v) is 10.4. The number of thiophene rings is 1. The third-order valence-electron chi connectivity index (χ3n) is 5.80. The number of fused-ring (bicyclic) bond motifs is 1. The van der Waals surface area contributed by atoms with Gasteiger partial charge in [-0.3, -0.25) is 9.69 Å². The van der Waals surface area contributed by atoms with E-state index in [-0.39, 0.29) is 16.0 Å². The number of carbonyl (C=O) groups is 1. The van der Waals surface area contributed by atoms with E-state index in [4.69, 9.17) is 21.3 Å². The Balaban J connectivity index is 1.53. The first kappa shape index (κ1) is 25.3. The van der Waals surface area contributed by atoms with Gasteiger partial charge in [-0.25, -0.2) is 13.4 Å². The van der Waals surface area contributed by atoms with Crippen molar-refractivity contribution >= 4 is 65.6 Å². The van der Waals surface area contributed by atoms with Gasteiger partial charge in [0.15, 0.2) is 5.13 Å². The summed E-state index contributed by atoms with van der Waals surface area (Å²) in [4.78, 5) is 22.1. The molecule has 2 aromatic heterocycles. The molecule has 0 N–H and O–H groups in total. The van der Waals surface area contributed by atoms with Crippen LogP contribution in [0.15, 0.2) is 34.5 Å². The van der Waals surface area contributed by atoms with Gasteiger partial charge in [-0.2, -0.15) is 4.31 Å². The number of anilines is 1. The predicted octanol–water partition coefficient (Wildman–Crippen LogP) is 4.02. The topological polar surface area (TPSA) is 83.0 Å². The average Bonchev–Trinajstić information content (AvgIpc) is 3.45.